The molecule has 3 heterocycles. The molecule has 1 N–H and O–H groups in total. The van der Waals surface area contributed by atoms with E-state index in [1.165, 1.54) is 18.2 Å². The van der Waals surface area contributed by atoms with E-state index in [1.807, 2.05) is 54.6 Å². The summed E-state index contributed by atoms with van der Waals surface area (Å²) in [4.78, 5) is 11.9. The largest absolute Gasteiger partial charge is 3.00 e. The Balaban J connectivity index is 0.000000183. The molecule has 6 aromatic rings. The number of benzene rings is 3. The van der Waals surface area contributed by atoms with Crippen LogP contribution in [0.3, 0.4) is 0 Å². The summed E-state index contributed by atoms with van der Waals surface area (Å²) in [7, 11) is 0. The van der Waals surface area contributed by atoms with Gasteiger partial charge in [-0.2, -0.15) is 0 Å². The van der Waals surface area contributed by atoms with Crippen molar-refractivity contribution < 1.29 is 37.5 Å². The fourth-order valence-corrected chi connectivity index (χ4v) is 3.23. The quantitative estimate of drug-likeness (QED) is 0.293. The number of fused-ring (bicyclic) bond motifs is 3. The molecule has 0 amide bonds. The van der Waals surface area contributed by atoms with Crippen LogP contribution in [0.25, 0.3) is 32.7 Å². The zero-order chi connectivity index (χ0) is 25.8. The minimum absolute atomic E-state index is 0. The summed E-state index contributed by atoms with van der Waals surface area (Å²) in [5.41, 5.74) is 1.65. The van der Waals surface area contributed by atoms with Crippen LogP contribution in [0.2, 0.25) is 0 Å². The van der Waals surface area contributed by atoms with Crippen molar-refractivity contribution in [2.24, 2.45) is 0 Å². The van der Waals surface area contributed by atoms with Crippen molar-refractivity contribution in [3.05, 3.63) is 110 Å². The Hall–Kier alpha value is -4.23. The standard InChI is InChI=1S/3C9H7NO.C2H6O.Fe/c3*11-8-5-1-3-7-4-2-6-10-9(7)8;1-2-3;/h3*1-6,11H;3H,2H2,1H3;/q;;;;+3/p-3. The zero-order valence-electron chi connectivity index (χ0n) is 20.0. The van der Waals surface area contributed by atoms with E-state index < -0.39 is 0 Å². The smallest absolute Gasteiger partial charge is 0.871 e. The Morgan fingerprint density at radius 2 is 0.757 bits per heavy atom. The van der Waals surface area contributed by atoms with Gasteiger partial charge in [-0.05, 0) is 41.3 Å². The van der Waals surface area contributed by atoms with Crippen molar-refractivity contribution in [1.29, 1.82) is 0 Å². The van der Waals surface area contributed by atoms with Gasteiger partial charge in [-0.3, -0.25) is 15.0 Å². The fraction of sp³-hybridized carbons (Fsp3) is 0.0690. The van der Waals surface area contributed by atoms with Crippen LogP contribution in [0, 0.1) is 0 Å². The van der Waals surface area contributed by atoms with E-state index in [0.29, 0.717) is 16.6 Å². The van der Waals surface area contributed by atoms with Gasteiger partial charge in [0.15, 0.2) is 0 Å². The van der Waals surface area contributed by atoms with Crippen LogP contribution >= 0.6 is 0 Å². The number of aromatic nitrogens is 3. The number of aliphatic hydroxyl groups excluding tert-OH is 1. The summed E-state index contributed by atoms with van der Waals surface area (Å²) in [5.74, 6) is -0.0331. The molecule has 0 aliphatic heterocycles. The second kappa shape index (κ2) is 15.0. The van der Waals surface area contributed by atoms with Crippen LogP contribution < -0.4 is 15.3 Å². The molecule has 187 valence electrons. The van der Waals surface area contributed by atoms with Gasteiger partial charge in [0.2, 0.25) is 0 Å². The fourth-order valence-electron chi connectivity index (χ4n) is 3.23. The van der Waals surface area contributed by atoms with Crippen molar-refractivity contribution in [2.75, 3.05) is 6.61 Å². The van der Waals surface area contributed by atoms with Gasteiger partial charge in [-0.25, -0.2) is 0 Å². The molecule has 0 spiro atoms. The molecule has 7 nitrogen and oxygen atoms in total. The van der Waals surface area contributed by atoms with Crippen molar-refractivity contribution >= 4 is 32.7 Å². The maximum absolute atomic E-state index is 11.1. The van der Waals surface area contributed by atoms with E-state index in [1.54, 1.807) is 43.7 Å². The molecule has 0 unspecified atom stereocenters. The van der Waals surface area contributed by atoms with E-state index in [-0.39, 0.29) is 40.9 Å². The molecular weight excluding hydrogens is 510 g/mol. The first-order valence-corrected chi connectivity index (χ1v) is 11.2. The SMILES string of the molecule is CCO.[Fe+3].[O-]c1cccc2cccnc12.[O-]c1cccc2cccnc12.[O-]c1cccc2cccnc12. The molecule has 0 saturated heterocycles. The molecule has 3 aromatic heterocycles. The maximum atomic E-state index is 11.1. The number of nitrogens with zero attached hydrogens (tertiary/aromatic N) is 3. The van der Waals surface area contributed by atoms with Crippen molar-refractivity contribution in [2.45, 2.75) is 6.92 Å². The average Bonchev–Trinajstić information content (AvgIpc) is 2.91. The van der Waals surface area contributed by atoms with E-state index >= 15 is 0 Å². The molecule has 0 atom stereocenters. The zero-order valence-corrected chi connectivity index (χ0v) is 21.1. The third kappa shape index (κ3) is 8.15. The van der Waals surface area contributed by atoms with E-state index in [0.717, 1.165) is 16.2 Å². The number of hydrogen-bond donors (Lipinski definition) is 1. The third-order valence-electron chi connectivity index (χ3n) is 4.79. The van der Waals surface area contributed by atoms with Gasteiger partial charge in [-0.15, -0.1) is 0 Å². The molecule has 0 bridgehead atoms. The minimum atomic E-state index is -0.0110. The minimum Gasteiger partial charge on any atom is -0.871 e. The van der Waals surface area contributed by atoms with Gasteiger partial charge >= 0.3 is 17.1 Å². The van der Waals surface area contributed by atoms with Crippen LogP contribution in [0.1, 0.15) is 6.92 Å². The average molecular weight is 534 g/mol. The molecule has 6 rings (SSSR count). The second-order valence-electron chi connectivity index (χ2n) is 7.31. The number of pyridine rings is 3. The van der Waals surface area contributed by atoms with Crippen molar-refractivity contribution in [1.82, 2.24) is 15.0 Å². The predicted molar refractivity (Wildman–Crippen MR) is 136 cm³/mol. The molecule has 0 saturated carbocycles. The summed E-state index contributed by atoms with van der Waals surface area (Å²) in [5, 5.41) is 43.6. The van der Waals surface area contributed by atoms with Crippen molar-refractivity contribution in [3.63, 3.8) is 0 Å². The number of rotatable bonds is 0. The van der Waals surface area contributed by atoms with Crippen LogP contribution in [-0.2, 0) is 17.1 Å². The Labute approximate surface area is 225 Å². The van der Waals surface area contributed by atoms with Gasteiger partial charge in [0, 0.05) is 25.2 Å². The van der Waals surface area contributed by atoms with E-state index in [2.05, 4.69) is 15.0 Å². The Morgan fingerprint density at radius 1 is 0.514 bits per heavy atom. The molecule has 0 aliphatic carbocycles. The van der Waals surface area contributed by atoms with Gasteiger partial charge in [-0.1, -0.05) is 90.0 Å². The first kappa shape index (κ1) is 29.0. The van der Waals surface area contributed by atoms with Gasteiger partial charge in [0.25, 0.3) is 0 Å². The van der Waals surface area contributed by atoms with E-state index in [4.69, 9.17) is 5.11 Å². The van der Waals surface area contributed by atoms with Gasteiger partial charge in [0.1, 0.15) is 0 Å². The topological polar surface area (TPSA) is 128 Å². The molecule has 8 heteroatoms. The van der Waals surface area contributed by atoms with Crippen LogP contribution in [0.15, 0.2) is 110 Å². The molecule has 37 heavy (non-hydrogen) atoms. The van der Waals surface area contributed by atoms with Crippen molar-refractivity contribution in [3.8, 4) is 17.2 Å². The monoisotopic (exact) mass is 534 g/mol. The molecule has 1 radical (unpaired) electrons. The summed E-state index contributed by atoms with van der Waals surface area (Å²) in [6.45, 7) is 1.93. The number of hydrogen-bond acceptors (Lipinski definition) is 7. The summed E-state index contributed by atoms with van der Waals surface area (Å²) in [6, 6.07) is 26.5. The normalized spacial score (nSPS) is 9.57. The Bertz CT molecular complexity index is 1350. The second-order valence-corrected chi connectivity index (χ2v) is 7.31. The molecule has 0 aliphatic rings. The maximum Gasteiger partial charge on any atom is 3.00 e. The molecule has 0 fully saturated rings. The summed E-state index contributed by atoms with van der Waals surface area (Å²) >= 11 is 0. The molecule has 3 aromatic carbocycles. The summed E-state index contributed by atoms with van der Waals surface area (Å²) in [6.07, 6.45) is 4.89. The van der Waals surface area contributed by atoms with Crippen LogP contribution in [-0.4, -0.2) is 26.7 Å². The van der Waals surface area contributed by atoms with Crippen LogP contribution in [0.5, 0.6) is 17.2 Å². The number of para-hydroxylation sites is 3. The van der Waals surface area contributed by atoms with Gasteiger partial charge < -0.3 is 20.4 Å². The first-order chi connectivity index (χ1) is 17.5. The first-order valence-electron chi connectivity index (χ1n) is 11.2. The predicted octanol–water partition coefficient (Wildman–Crippen LogP) is 3.92. The van der Waals surface area contributed by atoms with Crippen LogP contribution in [0.4, 0.5) is 0 Å². The molecular formula is C29H24FeN3O4. The Morgan fingerprint density at radius 3 is 1.00 bits per heavy atom. The number of aliphatic hydroxyl groups is 1. The third-order valence-corrected chi connectivity index (χ3v) is 4.79. The van der Waals surface area contributed by atoms with E-state index in [9.17, 15) is 15.3 Å². The summed E-state index contributed by atoms with van der Waals surface area (Å²) < 4.78 is 0. The van der Waals surface area contributed by atoms with Gasteiger partial charge in [0.05, 0.1) is 16.6 Å². The Kier molecular flexibility index (Phi) is 11.8.